The highest BCUT2D eigenvalue weighted by Gasteiger charge is 2.34. The Hall–Kier alpha value is -0.670. The molecule has 0 saturated heterocycles. The zero-order chi connectivity index (χ0) is 11.8. The number of ether oxygens (including phenoxy) is 1. The van der Waals surface area contributed by atoms with Crippen molar-refractivity contribution in [2.75, 3.05) is 6.61 Å². The molecule has 88 valence electrons. The molecule has 0 spiro atoms. The topological polar surface area (TPSA) is 35.2 Å². The summed E-state index contributed by atoms with van der Waals surface area (Å²) in [5, 5.41) is 0. The van der Waals surface area contributed by atoms with Crippen LogP contribution in [-0.2, 0) is 5.75 Å². The molecule has 1 aliphatic heterocycles. The van der Waals surface area contributed by atoms with Gasteiger partial charge < -0.3 is 10.5 Å². The van der Waals surface area contributed by atoms with Crippen molar-refractivity contribution in [3.8, 4) is 5.75 Å². The van der Waals surface area contributed by atoms with Crippen LogP contribution in [0.3, 0.4) is 0 Å². The van der Waals surface area contributed by atoms with E-state index in [1.807, 2.05) is 24.8 Å². The first-order valence-electron chi connectivity index (χ1n) is 5.69. The van der Waals surface area contributed by atoms with E-state index >= 15 is 0 Å². The van der Waals surface area contributed by atoms with Crippen molar-refractivity contribution in [1.29, 1.82) is 0 Å². The van der Waals surface area contributed by atoms with Crippen LogP contribution in [0.25, 0.3) is 0 Å². The van der Waals surface area contributed by atoms with E-state index in [2.05, 4.69) is 26.0 Å². The molecule has 0 radical (unpaired) electrons. The monoisotopic (exact) mass is 237 g/mol. The average molecular weight is 237 g/mol. The van der Waals surface area contributed by atoms with Gasteiger partial charge in [0, 0.05) is 16.5 Å². The van der Waals surface area contributed by atoms with Crippen molar-refractivity contribution in [2.45, 2.75) is 37.3 Å². The molecule has 0 amide bonds. The number of nitrogens with two attached hydrogens (primary N) is 1. The van der Waals surface area contributed by atoms with Crippen LogP contribution >= 0.6 is 11.8 Å². The second-order valence-corrected chi connectivity index (χ2v) is 6.29. The average Bonchev–Trinajstić information content (AvgIpc) is 2.25. The van der Waals surface area contributed by atoms with Crippen molar-refractivity contribution in [2.24, 2.45) is 5.73 Å². The Kier molecular flexibility index (Phi) is 3.17. The number of rotatable bonds is 2. The summed E-state index contributed by atoms with van der Waals surface area (Å²) >= 11 is 1.92. The van der Waals surface area contributed by atoms with Gasteiger partial charge in [-0.05, 0) is 44.0 Å². The van der Waals surface area contributed by atoms with E-state index in [9.17, 15) is 0 Å². The predicted molar refractivity (Wildman–Crippen MR) is 69.9 cm³/mol. The molecule has 1 aromatic carbocycles. The minimum absolute atomic E-state index is 0.0849. The molecule has 2 nitrogen and oxygen atoms in total. The van der Waals surface area contributed by atoms with E-state index in [1.54, 1.807) is 0 Å². The summed E-state index contributed by atoms with van der Waals surface area (Å²) in [7, 11) is 0. The summed E-state index contributed by atoms with van der Waals surface area (Å²) < 4.78 is 5.64. The Bertz CT molecular complexity index is 390. The predicted octanol–water partition coefficient (Wildman–Crippen LogP) is 3.11. The highest BCUT2D eigenvalue weighted by molar-refractivity contribution is 7.99. The molecular weight excluding hydrogens is 218 g/mol. The lowest BCUT2D eigenvalue weighted by molar-refractivity contribution is 0.339. The van der Waals surface area contributed by atoms with E-state index in [0.717, 1.165) is 11.5 Å². The van der Waals surface area contributed by atoms with Crippen LogP contribution in [0.2, 0.25) is 0 Å². The van der Waals surface area contributed by atoms with Crippen LogP contribution in [0, 0.1) is 0 Å². The Labute approximate surface area is 102 Å². The molecule has 0 saturated carbocycles. The van der Waals surface area contributed by atoms with E-state index in [0.29, 0.717) is 6.61 Å². The maximum absolute atomic E-state index is 6.31. The smallest absolute Gasteiger partial charge is 0.119 e. The molecule has 1 atom stereocenters. The lowest BCUT2D eigenvalue weighted by Crippen LogP contribution is -2.36. The van der Waals surface area contributed by atoms with Gasteiger partial charge in [0.05, 0.1) is 6.61 Å². The van der Waals surface area contributed by atoms with Gasteiger partial charge >= 0.3 is 0 Å². The maximum Gasteiger partial charge on any atom is 0.119 e. The highest BCUT2D eigenvalue weighted by atomic mass is 32.2. The largest absolute Gasteiger partial charge is 0.494 e. The van der Waals surface area contributed by atoms with Gasteiger partial charge in [0.1, 0.15) is 5.75 Å². The van der Waals surface area contributed by atoms with Crippen molar-refractivity contribution in [3.63, 3.8) is 0 Å². The SMILES string of the molecule is CCOc1ccc2c(c1)C(N)C(C)(C)SC2. The van der Waals surface area contributed by atoms with Crippen molar-refractivity contribution >= 4 is 11.8 Å². The van der Waals surface area contributed by atoms with Crippen molar-refractivity contribution in [1.82, 2.24) is 0 Å². The summed E-state index contributed by atoms with van der Waals surface area (Å²) in [4.78, 5) is 0. The summed E-state index contributed by atoms with van der Waals surface area (Å²) in [6.45, 7) is 7.11. The van der Waals surface area contributed by atoms with E-state index in [4.69, 9.17) is 10.5 Å². The van der Waals surface area contributed by atoms with Gasteiger partial charge in [-0.25, -0.2) is 0 Å². The fourth-order valence-corrected chi connectivity index (χ4v) is 3.08. The lowest BCUT2D eigenvalue weighted by atomic mass is 9.92. The Balaban J connectivity index is 2.37. The van der Waals surface area contributed by atoms with Crippen LogP contribution in [0.5, 0.6) is 5.75 Å². The molecule has 0 aromatic heterocycles. The van der Waals surface area contributed by atoms with Gasteiger partial charge in [-0.1, -0.05) is 6.07 Å². The molecule has 1 heterocycles. The number of hydrogen-bond donors (Lipinski definition) is 1. The van der Waals surface area contributed by atoms with Crippen LogP contribution in [0.15, 0.2) is 18.2 Å². The molecule has 1 unspecified atom stereocenters. The van der Waals surface area contributed by atoms with Gasteiger partial charge in [-0.3, -0.25) is 0 Å². The van der Waals surface area contributed by atoms with Gasteiger partial charge in [0.2, 0.25) is 0 Å². The van der Waals surface area contributed by atoms with Crippen LogP contribution in [0.1, 0.15) is 37.9 Å². The van der Waals surface area contributed by atoms with Crippen molar-refractivity contribution in [3.05, 3.63) is 29.3 Å². The summed E-state index contributed by atoms with van der Waals surface area (Å²) in [6.07, 6.45) is 0. The van der Waals surface area contributed by atoms with Crippen LogP contribution in [0.4, 0.5) is 0 Å². The Morgan fingerprint density at radius 2 is 2.25 bits per heavy atom. The molecule has 16 heavy (non-hydrogen) atoms. The van der Waals surface area contributed by atoms with Crippen LogP contribution in [-0.4, -0.2) is 11.4 Å². The second-order valence-electron chi connectivity index (χ2n) is 4.66. The minimum Gasteiger partial charge on any atom is -0.494 e. The first-order chi connectivity index (χ1) is 7.54. The molecule has 2 rings (SSSR count). The molecule has 0 fully saturated rings. The number of hydrogen-bond acceptors (Lipinski definition) is 3. The highest BCUT2D eigenvalue weighted by Crippen LogP contribution is 2.44. The van der Waals surface area contributed by atoms with Gasteiger partial charge in [-0.2, -0.15) is 0 Å². The molecule has 3 heteroatoms. The zero-order valence-electron chi connectivity index (χ0n) is 10.1. The van der Waals surface area contributed by atoms with E-state index < -0.39 is 0 Å². The molecule has 2 N–H and O–H groups in total. The summed E-state index contributed by atoms with van der Waals surface area (Å²) in [5.41, 5.74) is 8.91. The van der Waals surface area contributed by atoms with Crippen LogP contribution < -0.4 is 10.5 Å². The van der Waals surface area contributed by atoms with E-state index in [-0.39, 0.29) is 10.8 Å². The van der Waals surface area contributed by atoms with Crippen molar-refractivity contribution < 1.29 is 4.74 Å². The third-order valence-electron chi connectivity index (χ3n) is 3.11. The Morgan fingerprint density at radius 1 is 1.50 bits per heavy atom. The first-order valence-corrected chi connectivity index (χ1v) is 6.68. The summed E-state index contributed by atoms with van der Waals surface area (Å²) in [6, 6.07) is 6.36. The molecular formula is C13H19NOS. The number of thioether (sulfide) groups is 1. The third-order valence-corrected chi connectivity index (χ3v) is 4.57. The number of fused-ring (bicyclic) bond motifs is 1. The van der Waals surface area contributed by atoms with E-state index in [1.165, 1.54) is 11.1 Å². The third kappa shape index (κ3) is 2.06. The molecule has 0 aliphatic carbocycles. The normalized spacial score (nSPS) is 22.6. The molecule has 1 aliphatic rings. The number of benzene rings is 1. The van der Waals surface area contributed by atoms with Gasteiger partial charge in [0.15, 0.2) is 0 Å². The fraction of sp³-hybridized carbons (Fsp3) is 0.538. The van der Waals surface area contributed by atoms with Gasteiger partial charge in [-0.15, -0.1) is 11.8 Å². The molecule has 1 aromatic rings. The molecule has 0 bridgehead atoms. The Morgan fingerprint density at radius 3 is 2.94 bits per heavy atom. The maximum atomic E-state index is 6.31. The van der Waals surface area contributed by atoms with Gasteiger partial charge in [0.25, 0.3) is 0 Å². The minimum atomic E-state index is 0.0849. The summed E-state index contributed by atoms with van der Waals surface area (Å²) in [5.74, 6) is 1.97. The second kappa shape index (κ2) is 4.30. The quantitative estimate of drug-likeness (QED) is 0.858. The lowest BCUT2D eigenvalue weighted by Gasteiger charge is -2.37. The zero-order valence-corrected chi connectivity index (χ0v) is 10.9. The first kappa shape index (κ1) is 11.8. The fourth-order valence-electron chi connectivity index (χ4n) is 1.98. The standard InChI is InChI=1S/C13H19NOS/c1-4-15-10-6-5-9-8-16-13(2,3)12(14)11(9)7-10/h5-7,12H,4,8,14H2,1-3H3.